The van der Waals surface area contributed by atoms with Gasteiger partial charge in [0.25, 0.3) is 0 Å². The number of aryl methyl sites for hydroxylation is 2. The van der Waals surface area contributed by atoms with Crippen molar-refractivity contribution >= 4 is 0 Å². The number of alkyl halides is 3. The summed E-state index contributed by atoms with van der Waals surface area (Å²) in [6.45, 7) is 77.7. The summed E-state index contributed by atoms with van der Waals surface area (Å²) in [5, 5.41) is 0. The smallest absolute Gasteiger partial charge is 0.171 e. The van der Waals surface area contributed by atoms with E-state index in [2.05, 4.69) is 108 Å². The number of hydrogen-bond donors (Lipinski definition) is 0. The predicted molar refractivity (Wildman–Crippen MR) is 348 cm³/mol. The Bertz CT molecular complexity index is 1910. The van der Waals surface area contributed by atoms with Crippen molar-refractivity contribution in [1.82, 2.24) is 0 Å². The normalized spacial score (nSPS) is 17.3. The summed E-state index contributed by atoms with van der Waals surface area (Å²) in [4.78, 5) is 0. The van der Waals surface area contributed by atoms with Crippen LogP contribution in [0.3, 0.4) is 0 Å². The number of halogens is 3. The minimum atomic E-state index is -4.54. The Morgan fingerprint density at radius 2 is 0.773 bits per heavy atom. The van der Waals surface area contributed by atoms with Gasteiger partial charge in [-0.05, 0) is 128 Å². The zero-order chi connectivity index (χ0) is 76.6. The number of benzene rings is 1. The van der Waals surface area contributed by atoms with E-state index in [4.69, 9.17) is 20.6 Å². The Morgan fingerprint density at radius 1 is 0.480 bits per heavy atom. The van der Waals surface area contributed by atoms with Crippen LogP contribution < -0.4 is 0 Å². The van der Waals surface area contributed by atoms with Crippen LogP contribution in [0.15, 0.2) is 18.2 Å². The van der Waals surface area contributed by atoms with Crippen molar-refractivity contribution in [3.8, 4) is 0 Å². The molecule has 75 heavy (non-hydrogen) atoms. The third kappa shape index (κ3) is 79.6. The standard InChI is InChI=1S/C12H18.C9H17F3.2C9H20.C8H18.2C7H16.C6H14.C5H12/c1-9-7-6-8-10(2)11(9)12(3,4)5;1-7(2,3)6-8(4,5)9(10,11)12;1-8(2,3)7-9(4,5)6;1-6-8(7-2)9(3,4)5;1-7(2)6-8(3,4)5;1-6(2)7(3,4)5;1-5-6-7(2,3)4;1-5-6(2,3)4;1-5(2,3)4/h6-8H,1-5H3;6H2,1-5H3;7H2,1-6H3;8H,6-7H2,1-5H3;7H,6H2,1-5H3;6H,1-5H3;5-6H2,1-4H3;5H2,1-4H3;1-4H3/i;6D2;7D2;8D;6D2;6D;6D2;5D2;1D3. The van der Waals surface area contributed by atoms with E-state index in [0.29, 0.717) is 6.42 Å². The van der Waals surface area contributed by atoms with Gasteiger partial charge in [-0.3, -0.25) is 0 Å². The lowest BCUT2D eigenvalue weighted by Gasteiger charge is -2.34. The summed E-state index contributed by atoms with van der Waals surface area (Å²) in [6.07, 6.45) is -8.62. The summed E-state index contributed by atoms with van der Waals surface area (Å²) >= 11 is 0. The molecule has 0 unspecified atom stereocenters. The Balaban J connectivity index is -0.000000141. The van der Waals surface area contributed by atoms with Crippen LogP contribution in [0.2, 0.25) is 0 Å². The highest BCUT2D eigenvalue weighted by atomic mass is 19.4. The van der Waals surface area contributed by atoms with Crippen molar-refractivity contribution in [3.63, 3.8) is 0 Å². The first-order valence-corrected chi connectivity index (χ1v) is 28.4. The molecule has 0 bridgehead atoms. The second-order valence-corrected chi connectivity index (χ2v) is 31.5. The van der Waals surface area contributed by atoms with Gasteiger partial charge in [0.1, 0.15) is 0 Å². The molecule has 0 atom stereocenters. The van der Waals surface area contributed by atoms with Crippen LogP contribution in [0, 0.1) is 85.7 Å². The van der Waals surface area contributed by atoms with Gasteiger partial charge in [-0.25, -0.2) is 0 Å². The number of hydrogen-bond acceptors (Lipinski definition) is 0. The molecular formula is C72H151F3. The maximum atomic E-state index is 12.6. The Labute approximate surface area is 499 Å². The van der Waals surface area contributed by atoms with Gasteiger partial charge in [0, 0.05) is 20.6 Å². The first-order valence-electron chi connectivity index (χ1n) is 35.9. The zero-order valence-corrected chi connectivity index (χ0v) is 59.1. The summed E-state index contributed by atoms with van der Waals surface area (Å²) < 4.78 is 150. The average Bonchev–Trinajstić information content (AvgIpc) is 3.22. The molecule has 0 radical (unpaired) electrons. The topological polar surface area (TPSA) is 0 Å². The molecule has 460 valence electrons. The third-order valence-corrected chi connectivity index (χ3v) is 9.97. The molecule has 1 rings (SSSR count). The lowest BCUT2D eigenvalue weighted by atomic mass is 9.76. The molecule has 0 aliphatic heterocycles. The molecule has 0 heterocycles. The summed E-state index contributed by atoms with van der Waals surface area (Å²) in [5.74, 6) is -0.451. The van der Waals surface area contributed by atoms with Gasteiger partial charge in [-0.2, -0.15) is 13.2 Å². The van der Waals surface area contributed by atoms with Gasteiger partial charge in [0.15, 0.2) is 0 Å². The molecule has 0 amide bonds. The fraction of sp³-hybridized carbons (Fsp3) is 0.917. The van der Waals surface area contributed by atoms with Gasteiger partial charge < -0.3 is 0 Å². The van der Waals surface area contributed by atoms with E-state index in [1.54, 1.807) is 27.7 Å². The van der Waals surface area contributed by atoms with E-state index in [-0.39, 0.29) is 61.0 Å². The van der Waals surface area contributed by atoms with Gasteiger partial charge in [0.05, 0.1) is 5.41 Å². The number of rotatable bonds is 5. The molecule has 0 aliphatic carbocycles. The zero-order valence-electron chi connectivity index (χ0n) is 74.1. The fourth-order valence-electron chi connectivity index (χ4n) is 6.84. The van der Waals surface area contributed by atoms with Crippen molar-refractivity contribution in [3.05, 3.63) is 34.9 Å². The molecule has 3 heteroatoms. The molecule has 0 aromatic heterocycles. The molecule has 0 fully saturated rings. The molecule has 0 aliphatic rings. The van der Waals surface area contributed by atoms with Crippen LogP contribution in [0.1, 0.15) is 372 Å². The lowest BCUT2D eigenvalue weighted by molar-refractivity contribution is -0.220. The van der Waals surface area contributed by atoms with Gasteiger partial charge in [-0.15, -0.1) is 0 Å². The van der Waals surface area contributed by atoms with Crippen LogP contribution in [0.4, 0.5) is 13.2 Å². The van der Waals surface area contributed by atoms with Crippen molar-refractivity contribution < 1.29 is 33.7 Å². The Kier molecular flexibility index (Phi) is 30.3. The molecule has 0 N–H and O–H groups in total. The molecule has 1 aromatic rings. The van der Waals surface area contributed by atoms with Crippen LogP contribution >= 0.6 is 0 Å². The van der Waals surface area contributed by atoms with E-state index in [9.17, 15) is 13.2 Å². The van der Waals surface area contributed by atoms with Crippen LogP contribution in [0.5, 0.6) is 0 Å². The second kappa shape index (κ2) is 37.9. The summed E-state index contributed by atoms with van der Waals surface area (Å²) in [6, 6.07) is 6.50. The lowest BCUT2D eigenvalue weighted by Crippen LogP contribution is -2.35. The minimum Gasteiger partial charge on any atom is -0.171 e. The summed E-state index contributed by atoms with van der Waals surface area (Å²) in [5.41, 5.74) is -0.433. The third-order valence-electron chi connectivity index (χ3n) is 9.97. The average molecular weight is 1090 g/mol. The van der Waals surface area contributed by atoms with Gasteiger partial charge in [0.2, 0.25) is 0 Å². The van der Waals surface area contributed by atoms with Crippen LogP contribution in [0.25, 0.3) is 0 Å². The monoisotopic (exact) mass is 1090 g/mol. The SMILES string of the molecule is Cc1cccc(C)c1C(C)(C)C.[2H]C(C)(C)C(C)(C)C.[2H]C(CC)(CC)C(C)(C)C.[2H]C([2H])(C(C)(C)C)C(C)(C)C.[2H]C([2H])(C(C)(C)C)C(C)(C)C(F)(F)F.[2H]C([2H])(C(C)C)C(C)(C)C.[2H]C([2H])(C)C(C)(C)C.[2H]C([2H])(CC)C(C)(C)C.[2H]C([2H])([2H])C(C)(C)C. The highest BCUT2D eigenvalue weighted by Gasteiger charge is 2.48. The van der Waals surface area contributed by atoms with E-state index < -0.39 is 61.1 Å². The molecule has 0 spiro atoms. The van der Waals surface area contributed by atoms with E-state index in [1.807, 2.05) is 138 Å². The van der Waals surface area contributed by atoms with Gasteiger partial charge >= 0.3 is 6.18 Å². The van der Waals surface area contributed by atoms with Gasteiger partial charge in [-0.1, -0.05) is 328 Å². The Hall–Kier alpha value is -0.990. The van der Waals surface area contributed by atoms with Crippen molar-refractivity contribution in [2.24, 2.45) is 71.9 Å². The van der Waals surface area contributed by atoms with Crippen molar-refractivity contribution in [1.29, 1.82) is 0 Å². The highest BCUT2D eigenvalue weighted by molar-refractivity contribution is 5.38. The maximum Gasteiger partial charge on any atom is 0.393 e. The maximum absolute atomic E-state index is 12.6. The van der Waals surface area contributed by atoms with Crippen LogP contribution in [-0.2, 0) is 5.41 Å². The molecule has 1 aromatic carbocycles. The predicted octanol–water partition coefficient (Wildman–Crippen LogP) is 27.6. The molecule has 0 saturated carbocycles. The van der Waals surface area contributed by atoms with Crippen LogP contribution in [-0.4, -0.2) is 6.18 Å². The van der Waals surface area contributed by atoms with Crippen molar-refractivity contribution in [2.45, 2.75) is 360 Å². The second-order valence-electron chi connectivity index (χ2n) is 31.5. The molecular weight excluding hydrogens is 922 g/mol. The molecule has 0 saturated heterocycles. The Morgan fingerprint density at radius 3 is 0.827 bits per heavy atom. The van der Waals surface area contributed by atoms with E-state index in [1.165, 1.54) is 37.5 Å². The van der Waals surface area contributed by atoms with E-state index >= 15 is 0 Å². The molecule has 0 nitrogen and oxygen atoms in total. The summed E-state index contributed by atoms with van der Waals surface area (Å²) in [7, 11) is 0. The quantitative estimate of drug-likeness (QED) is 0.276. The first-order chi connectivity index (χ1) is 37.8. The highest BCUT2D eigenvalue weighted by Crippen LogP contribution is 2.45. The first kappa shape index (κ1) is 60.1. The van der Waals surface area contributed by atoms with Crippen molar-refractivity contribution in [2.75, 3.05) is 0 Å². The fourth-order valence-corrected chi connectivity index (χ4v) is 6.84. The minimum absolute atomic E-state index is 0.0903. The van der Waals surface area contributed by atoms with E-state index in [0.717, 1.165) is 26.7 Å². The largest absolute Gasteiger partial charge is 0.393 e.